The molecule has 0 bridgehead atoms. The van der Waals surface area contributed by atoms with E-state index in [2.05, 4.69) is 10.6 Å². The fourth-order valence-corrected chi connectivity index (χ4v) is 4.99. The first-order chi connectivity index (χ1) is 13.5. The van der Waals surface area contributed by atoms with Crippen molar-refractivity contribution in [2.45, 2.75) is 26.2 Å². The Morgan fingerprint density at radius 3 is 2.54 bits per heavy atom. The van der Waals surface area contributed by atoms with E-state index in [1.54, 1.807) is 0 Å². The second-order valence-electron chi connectivity index (χ2n) is 7.07. The second kappa shape index (κ2) is 9.21. The highest BCUT2D eigenvalue weighted by Crippen LogP contribution is 2.24. The SMILES string of the molecule is CCCS(=O)(=O)N1CCCC(C(=O)Nc2cccc(Nc3ccccc3)c2)C1. The average molecular weight is 402 g/mol. The highest BCUT2D eigenvalue weighted by atomic mass is 32.2. The molecule has 1 saturated heterocycles. The molecule has 1 atom stereocenters. The van der Waals surface area contributed by atoms with Crippen LogP contribution in [-0.4, -0.2) is 37.5 Å². The predicted molar refractivity (Wildman–Crippen MR) is 113 cm³/mol. The number of carbonyl (C=O) groups is 1. The van der Waals surface area contributed by atoms with Gasteiger partial charge in [-0.05, 0) is 49.6 Å². The lowest BCUT2D eigenvalue weighted by molar-refractivity contribution is -0.120. The minimum absolute atomic E-state index is 0.131. The Kier molecular flexibility index (Phi) is 6.70. The molecule has 0 aromatic heterocycles. The number of rotatable bonds is 7. The van der Waals surface area contributed by atoms with Gasteiger partial charge in [0.2, 0.25) is 15.9 Å². The van der Waals surface area contributed by atoms with Gasteiger partial charge in [-0.3, -0.25) is 4.79 Å². The van der Waals surface area contributed by atoms with Crippen LogP contribution in [0.3, 0.4) is 0 Å². The Bertz CT molecular complexity index is 900. The highest BCUT2D eigenvalue weighted by Gasteiger charge is 2.31. The number of anilines is 3. The van der Waals surface area contributed by atoms with Crippen molar-refractivity contribution in [3.8, 4) is 0 Å². The number of hydrogen-bond acceptors (Lipinski definition) is 4. The van der Waals surface area contributed by atoms with E-state index in [1.165, 1.54) is 4.31 Å². The summed E-state index contributed by atoms with van der Waals surface area (Å²) < 4.78 is 26.1. The molecule has 0 saturated carbocycles. The molecular weight excluding hydrogens is 374 g/mol. The summed E-state index contributed by atoms with van der Waals surface area (Å²) in [5, 5.41) is 6.24. The van der Waals surface area contributed by atoms with E-state index >= 15 is 0 Å². The minimum atomic E-state index is -3.27. The summed E-state index contributed by atoms with van der Waals surface area (Å²) in [6, 6.07) is 17.3. The maximum atomic E-state index is 12.7. The average Bonchev–Trinajstić information content (AvgIpc) is 2.69. The zero-order valence-electron chi connectivity index (χ0n) is 16.1. The number of sulfonamides is 1. The summed E-state index contributed by atoms with van der Waals surface area (Å²) in [4.78, 5) is 12.7. The van der Waals surface area contributed by atoms with E-state index in [1.807, 2.05) is 61.5 Å². The van der Waals surface area contributed by atoms with Gasteiger partial charge in [-0.2, -0.15) is 0 Å². The topological polar surface area (TPSA) is 78.5 Å². The van der Waals surface area contributed by atoms with Crippen LogP contribution in [0.25, 0.3) is 0 Å². The van der Waals surface area contributed by atoms with E-state index in [-0.39, 0.29) is 24.1 Å². The summed E-state index contributed by atoms with van der Waals surface area (Å²) >= 11 is 0. The monoisotopic (exact) mass is 401 g/mol. The zero-order valence-corrected chi connectivity index (χ0v) is 16.9. The van der Waals surface area contributed by atoms with Crippen molar-refractivity contribution in [3.05, 3.63) is 54.6 Å². The molecule has 6 nitrogen and oxygen atoms in total. The second-order valence-corrected chi connectivity index (χ2v) is 9.16. The first-order valence-corrected chi connectivity index (χ1v) is 11.3. The van der Waals surface area contributed by atoms with Gasteiger partial charge in [0.25, 0.3) is 0 Å². The molecule has 2 aromatic carbocycles. The molecule has 0 radical (unpaired) electrons. The summed E-state index contributed by atoms with van der Waals surface area (Å²) in [5.41, 5.74) is 2.54. The van der Waals surface area contributed by atoms with Gasteiger partial charge < -0.3 is 10.6 Å². The van der Waals surface area contributed by atoms with Crippen molar-refractivity contribution in [1.29, 1.82) is 0 Å². The maximum absolute atomic E-state index is 12.7. The molecule has 28 heavy (non-hydrogen) atoms. The van der Waals surface area contributed by atoms with Crippen LogP contribution in [0, 0.1) is 5.92 Å². The molecule has 0 spiro atoms. The van der Waals surface area contributed by atoms with Crippen molar-refractivity contribution >= 4 is 33.0 Å². The summed E-state index contributed by atoms with van der Waals surface area (Å²) in [7, 11) is -3.27. The predicted octanol–water partition coefficient (Wildman–Crippen LogP) is 3.82. The molecule has 1 aliphatic heterocycles. The molecule has 1 amide bonds. The molecule has 0 aliphatic carbocycles. The van der Waals surface area contributed by atoms with Crippen LogP contribution < -0.4 is 10.6 Å². The molecule has 1 fully saturated rings. The zero-order chi connectivity index (χ0) is 20.0. The molecule has 2 N–H and O–H groups in total. The van der Waals surface area contributed by atoms with Gasteiger partial charge in [-0.1, -0.05) is 31.2 Å². The third kappa shape index (κ3) is 5.33. The molecule has 2 aromatic rings. The van der Waals surface area contributed by atoms with Gasteiger partial charge >= 0.3 is 0 Å². The standard InChI is InChI=1S/C21H27N3O3S/c1-2-14-28(26,27)24-13-7-8-17(16-24)21(25)23-20-12-6-11-19(15-20)22-18-9-4-3-5-10-18/h3-6,9-12,15,17,22H,2,7-8,13-14,16H2,1H3,(H,23,25). The number of hydrogen-bond donors (Lipinski definition) is 2. The van der Waals surface area contributed by atoms with E-state index in [0.717, 1.165) is 11.4 Å². The third-order valence-electron chi connectivity index (χ3n) is 4.80. The Morgan fingerprint density at radius 1 is 1.07 bits per heavy atom. The molecule has 3 rings (SSSR count). The Hall–Kier alpha value is -2.38. The lowest BCUT2D eigenvalue weighted by Crippen LogP contribution is -2.44. The number of benzene rings is 2. The number of para-hydroxylation sites is 1. The van der Waals surface area contributed by atoms with Crippen LogP contribution in [0.5, 0.6) is 0 Å². The fraction of sp³-hybridized carbons (Fsp3) is 0.381. The number of nitrogens with zero attached hydrogens (tertiary/aromatic N) is 1. The summed E-state index contributed by atoms with van der Waals surface area (Å²) in [6.07, 6.45) is 1.99. The summed E-state index contributed by atoms with van der Waals surface area (Å²) in [6.45, 7) is 2.61. The van der Waals surface area contributed by atoms with Crippen molar-refractivity contribution in [2.75, 3.05) is 29.5 Å². The molecular formula is C21H27N3O3S. The van der Waals surface area contributed by atoms with E-state index < -0.39 is 10.0 Å². The Balaban J connectivity index is 1.63. The van der Waals surface area contributed by atoms with E-state index in [4.69, 9.17) is 0 Å². The van der Waals surface area contributed by atoms with Crippen LogP contribution in [-0.2, 0) is 14.8 Å². The van der Waals surface area contributed by atoms with Crippen molar-refractivity contribution in [2.24, 2.45) is 5.92 Å². The molecule has 150 valence electrons. The van der Waals surface area contributed by atoms with Gasteiger partial charge in [0.1, 0.15) is 0 Å². The van der Waals surface area contributed by atoms with Crippen LogP contribution >= 0.6 is 0 Å². The van der Waals surface area contributed by atoms with Crippen LogP contribution in [0.2, 0.25) is 0 Å². The smallest absolute Gasteiger partial charge is 0.228 e. The molecule has 7 heteroatoms. The van der Waals surface area contributed by atoms with Gasteiger partial charge in [-0.15, -0.1) is 0 Å². The highest BCUT2D eigenvalue weighted by molar-refractivity contribution is 7.89. The third-order valence-corrected chi connectivity index (χ3v) is 6.85. The largest absolute Gasteiger partial charge is 0.355 e. The van der Waals surface area contributed by atoms with E-state index in [0.29, 0.717) is 31.5 Å². The van der Waals surface area contributed by atoms with Crippen molar-refractivity contribution < 1.29 is 13.2 Å². The number of amides is 1. The number of carbonyl (C=O) groups excluding carboxylic acids is 1. The lowest BCUT2D eigenvalue weighted by atomic mass is 9.98. The van der Waals surface area contributed by atoms with Gasteiger partial charge in [0, 0.05) is 30.2 Å². The van der Waals surface area contributed by atoms with E-state index in [9.17, 15) is 13.2 Å². The Labute approximate surface area is 167 Å². The van der Waals surface area contributed by atoms with Gasteiger partial charge in [-0.25, -0.2) is 12.7 Å². The van der Waals surface area contributed by atoms with Crippen molar-refractivity contribution in [1.82, 2.24) is 4.31 Å². The fourth-order valence-electron chi connectivity index (χ4n) is 3.40. The van der Waals surface area contributed by atoms with Crippen LogP contribution in [0.15, 0.2) is 54.6 Å². The minimum Gasteiger partial charge on any atom is -0.355 e. The quantitative estimate of drug-likeness (QED) is 0.739. The lowest BCUT2D eigenvalue weighted by Gasteiger charge is -2.31. The van der Waals surface area contributed by atoms with Crippen molar-refractivity contribution in [3.63, 3.8) is 0 Å². The molecule has 1 aliphatic rings. The molecule has 1 heterocycles. The normalized spacial score (nSPS) is 17.8. The summed E-state index contributed by atoms with van der Waals surface area (Å²) in [5.74, 6) is -0.325. The van der Waals surface area contributed by atoms with Crippen LogP contribution in [0.1, 0.15) is 26.2 Å². The van der Waals surface area contributed by atoms with Crippen LogP contribution in [0.4, 0.5) is 17.1 Å². The first kappa shape index (κ1) is 20.4. The van der Waals surface area contributed by atoms with Gasteiger partial charge in [0.15, 0.2) is 0 Å². The molecule has 1 unspecified atom stereocenters. The number of nitrogens with one attached hydrogen (secondary N) is 2. The number of piperidine rings is 1. The van der Waals surface area contributed by atoms with Gasteiger partial charge in [0.05, 0.1) is 11.7 Å². The maximum Gasteiger partial charge on any atom is 0.228 e. The Morgan fingerprint density at radius 2 is 1.79 bits per heavy atom. The first-order valence-electron chi connectivity index (χ1n) is 9.69.